The number of nitrogens with one attached hydrogen (secondary N) is 2. The summed E-state index contributed by atoms with van der Waals surface area (Å²) < 4.78 is 0. The Hall–Kier alpha value is -0.410. The molecule has 0 radical (unpaired) electrons. The third-order valence-electron chi connectivity index (χ3n) is 7.92. The van der Waals surface area contributed by atoms with E-state index in [2.05, 4.69) is 45.3 Å². The molecule has 2 N–H and O–H groups in total. The van der Waals surface area contributed by atoms with Crippen molar-refractivity contribution in [3.05, 3.63) is 0 Å². The third-order valence-corrected chi connectivity index (χ3v) is 7.92. The second-order valence-corrected chi connectivity index (χ2v) is 11.3. The average molecular weight is 391 g/mol. The summed E-state index contributed by atoms with van der Waals surface area (Å²) in [5, 5.41) is 7.96. The number of ketones is 1. The van der Waals surface area contributed by atoms with Gasteiger partial charge in [0.05, 0.1) is 0 Å². The van der Waals surface area contributed by atoms with E-state index in [9.17, 15) is 4.79 Å². The van der Waals surface area contributed by atoms with E-state index < -0.39 is 0 Å². The van der Waals surface area contributed by atoms with Gasteiger partial charge in [-0.3, -0.25) is 4.79 Å². The van der Waals surface area contributed by atoms with Crippen LogP contribution >= 0.6 is 0 Å². The molecule has 162 valence electrons. The Morgan fingerprint density at radius 1 is 1.07 bits per heavy atom. The van der Waals surface area contributed by atoms with E-state index >= 15 is 0 Å². The van der Waals surface area contributed by atoms with Gasteiger partial charge >= 0.3 is 0 Å². The predicted octanol–water partition coefficient (Wildman–Crippen LogP) is 5.33. The molecule has 1 aliphatic heterocycles. The van der Waals surface area contributed by atoms with Gasteiger partial charge in [0.2, 0.25) is 0 Å². The number of hydrogen-bond donors (Lipinski definition) is 2. The van der Waals surface area contributed by atoms with Crippen LogP contribution in [0.25, 0.3) is 0 Å². The Labute approximate surface area is 174 Å². The monoisotopic (exact) mass is 390 g/mol. The number of rotatable bonds is 8. The lowest BCUT2D eigenvalue weighted by Gasteiger charge is -2.56. The van der Waals surface area contributed by atoms with Gasteiger partial charge in [-0.05, 0) is 55.4 Å². The molecule has 2 saturated carbocycles. The average Bonchev–Trinajstić information content (AvgIpc) is 2.60. The van der Waals surface area contributed by atoms with Gasteiger partial charge in [-0.1, -0.05) is 66.7 Å². The molecule has 1 saturated heterocycles. The zero-order chi connectivity index (χ0) is 20.3. The maximum atomic E-state index is 13.2. The minimum atomic E-state index is 0.146. The maximum absolute atomic E-state index is 13.2. The van der Waals surface area contributed by atoms with Gasteiger partial charge in [-0.25, -0.2) is 0 Å². The van der Waals surface area contributed by atoms with Gasteiger partial charge in [0.1, 0.15) is 5.78 Å². The second-order valence-electron chi connectivity index (χ2n) is 11.3. The highest BCUT2D eigenvalue weighted by atomic mass is 16.1. The number of carbonyl (C=O) groups is 1. The van der Waals surface area contributed by atoms with Crippen molar-refractivity contribution in [1.29, 1.82) is 0 Å². The molecule has 2 aliphatic carbocycles. The van der Waals surface area contributed by atoms with Crippen LogP contribution in [0.2, 0.25) is 0 Å². The number of carbonyl (C=O) groups excluding carboxylic acids is 1. The first-order valence-corrected chi connectivity index (χ1v) is 12.3. The van der Waals surface area contributed by atoms with Crippen molar-refractivity contribution in [3.8, 4) is 0 Å². The van der Waals surface area contributed by atoms with Gasteiger partial charge < -0.3 is 10.6 Å². The summed E-state index contributed by atoms with van der Waals surface area (Å²) >= 11 is 0. The molecule has 7 atom stereocenters. The van der Waals surface area contributed by atoms with E-state index in [0.29, 0.717) is 35.7 Å². The van der Waals surface area contributed by atoms with Crippen LogP contribution in [0, 0.1) is 29.1 Å². The molecular formula is C25H46N2O. The summed E-state index contributed by atoms with van der Waals surface area (Å²) in [6.07, 6.45) is 12.5. The first-order valence-electron chi connectivity index (χ1n) is 12.3. The maximum Gasteiger partial charge on any atom is 0.139 e. The van der Waals surface area contributed by atoms with Crippen molar-refractivity contribution in [2.24, 2.45) is 29.1 Å². The minimum absolute atomic E-state index is 0.146. The molecule has 7 unspecified atom stereocenters. The lowest BCUT2D eigenvalue weighted by Crippen LogP contribution is -2.69. The summed E-state index contributed by atoms with van der Waals surface area (Å²) in [4.78, 5) is 13.2. The van der Waals surface area contributed by atoms with Crippen molar-refractivity contribution in [2.45, 2.75) is 117 Å². The van der Waals surface area contributed by atoms with Gasteiger partial charge in [0.25, 0.3) is 0 Å². The van der Waals surface area contributed by atoms with E-state index in [1.807, 2.05) is 0 Å². The Kier molecular flexibility index (Phi) is 7.64. The fourth-order valence-electron chi connectivity index (χ4n) is 6.76. The molecule has 0 aromatic heterocycles. The molecule has 3 nitrogen and oxygen atoms in total. The Balaban J connectivity index is 1.66. The molecule has 3 rings (SSSR count). The summed E-state index contributed by atoms with van der Waals surface area (Å²) in [5.41, 5.74) is 0.146. The van der Waals surface area contributed by atoms with Crippen molar-refractivity contribution in [2.75, 3.05) is 6.54 Å². The third kappa shape index (κ3) is 5.19. The molecule has 1 heterocycles. The zero-order valence-corrected chi connectivity index (χ0v) is 19.2. The fourth-order valence-corrected chi connectivity index (χ4v) is 6.76. The molecule has 28 heavy (non-hydrogen) atoms. The van der Waals surface area contributed by atoms with E-state index in [1.54, 1.807) is 0 Å². The molecule has 0 aromatic carbocycles. The smallest absolute Gasteiger partial charge is 0.139 e. The van der Waals surface area contributed by atoms with Crippen molar-refractivity contribution >= 4 is 5.78 Å². The van der Waals surface area contributed by atoms with Gasteiger partial charge in [0, 0.05) is 30.5 Å². The Bertz CT molecular complexity index is 517. The SMILES string of the molecule is CCCCCCCCNC1C2CC(C)CC(C)C2NC2CC(C)(C)CC(=O)C21. The van der Waals surface area contributed by atoms with E-state index in [-0.39, 0.29) is 11.3 Å². The van der Waals surface area contributed by atoms with Gasteiger partial charge in [-0.2, -0.15) is 0 Å². The highest BCUT2D eigenvalue weighted by molar-refractivity contribution is 5.84. The van der Waals surface area contributed by atoms with Crippen LogP contribution in [0.1, 0.15) is 98.8 Å². The second kappa shape index (κ2) is 9.60. The Morgan fingerprint density at radius 3 is 2.54 bits per heavy atom. The summed E-state index contributed by atoms with van der Waals surface area (Å²) in [5.74, 6) is 2.81. The Morgan fingerprint density at radius 2 is 1.79 bits per heavy atom. The van der Waals surface area contributed by atoms with Crippen LogP contribution in [0.15, 0.2) is 0 Å². The number of hydrogen-bond acceptors (Lipinski definition) is 3. The largest absolute Gasteiger partial charge is 0.313 e. The molecule has 0 bridgehead atoms. The molecule has 3 heteroatoms. The molecule has 0 aromatic rings. The standard InChI is InChI=1S/C25H46N2O/c1-6-7-8-9-10-11-12-26-24-19-14-17(2)13-18(3)23(19)27-20-15-25(4,5)16-21(28)22(20)24/h17-20,22-24,26-27H,6-16H2,1-5H3. The van der Waals surface area contributed by atoms with Crippen molar-refractivity contribution < 1.29 is 4.79 Å². The van der Waals surface area contributed by atoms with E-state index in [0.717, 1.165) is 25.3 Å². The van der Waals surface area contributed by atoms with E-state index in [4.69, 9.17) is 0 Å². The number of piperidine rings is 1. The van der Waals surface area contributed by atoms with Crippen molar-refractivity contribution in [3.63, 3.8) is 0 Å². The lowest BCUT2D eigenvalue weighted by molar-refractivity contribution is -0.135. The summed E-state index contributed by atoms with van der Waals surface area (Å²) in [6.45, 7) is 12.8. The van der Waals surface area contributed by atoms with Crippen LogP contribution in [0.5, 0.6) is 0 Å². The van der Waals surface area contributed by atoms with Crippen LogP contribution in [-0.4, -0.2) is 30.5 Å². The molecule has 0 amide bonds. The number of Topliss-reactive ketones (excluding diaryl/α,β-unsaturated/α-hetero) is 1. The van der Waals surface area contributed by atoms with Crippen LogP contribution in [0.4, 0.5) is 0 Å². The molecule has 3 fully saturated rings. The normalized spacial score (nSPS) is 40.0. The van der Waals surface area contributed by atoms with Crippen LogP contribution < -0.4 is 10.6 Å². The fraction of sp³-hybridized carbons (Fsp3) is 0.960. The predicted molar refractivity (Wildman–Crippen MR) is 118 cm³/mol. The minimum Gasteiger partial charge on any atom is -0.313 e. The van der Waals surface area contributed by atoms with Gasteiger partial charge in [0.15, 0.2) is 0 Å². The molecule has 3 aliphatic rings. The van der Waals surface area contributed by atoms with Crippen molar-refractivity contribution in [1.82, 2.24) is 10.6 Å². The highest BCUT2D eigenvalue weighted by Gasteiger charge is 2.53. The van der Waals surface area contributed by atoms with Gasteiger partial charge in [-0.15, -0.1) is 0 Å². The van der Waals surface area contributed by atoms with E-state index in [1.165, 1.54) is 51.4 Å². The zero-order valence-electron chi connectivity index (χ0n) is 19.2. The first kappa shape index (κ1) is 22.3. The van der Waals surface area contributed by atoms with Crippen LogP contribution in [-0.2, 0) is 4.79 Å². The highest BCUT2D eigenvalue weighted by Crippen LogP contribution is 2.46. The topological polar surface area (TPSA) is 41.1 Å². The first-order chi connectivity index (χ1) is 13.3. The summed E-state index contributed by atoms with van der Waals surface area (Å²) in [7, 11) is 0. The number of fused-ring (bicyclic) bond motifs is 2. The lowest BCUT2D eigenvalue weighted by atomic mass is 9.58. The van der Waals surface area contributed by atoms with Crippen LogP contribution in [0.3, 0.4) is 0 Å². The summed E-state index contributed by atoms with van der Waals surface area (Å²) in [6, 6.07) is 1.34. The molecule has 0 spiro atoms. The quantitative estimate of drug-likeness (QED) is 0.550. The number of unbranched alkanes of at least 4 members (excludes halogenated alkanes) is 5. The molecular weight excluding hydrogens is 344 g/mol.